The van der Waals surface area contributed by atoms with Crippen molar-refractivity contribution >= 4 is 0 Å². The van der Waals surface area contributed by atoms with Crippen LogP contribution >= 0.6 is 0 Å². The lowest BCUT2D eigenvalue weighted by Gasteiger charge is -2.34. The summed E-state index contributed by atoms with van der Waals surface area (Å²) >= 11 is 0. The van der Waals surface area contributed by atoms with Crippen molar-refractivity contribution < 1.29 is 0 Å². The van der Waals surface area contributed by atoms with Crippen LogP contribution in [0.5, 0.6) is 0 Å². The first-order valence-electron chi connectivity index (χ1n) is 6.54. The monoisotopic (exact) mass is 227 g/mol. The van der Waals surface area contributed by atoms with E-state index in [2.05, 4.69) is 49.9 Å². The molecule has 1 N–H and O–H groups in total. The molecular formula is C13H29N3. The molecule has 1 unspecified atom stereocenters. The maximum absolute atomic E-state index is 3.63. The summed E-state index contributed by atoms with van der Waals surface area (Å²) in [5.41, 5.74) is 0.363. The second-order valence-electron chi connectivity index (χ2n) is 6.19. The largest absolute Gasteiger partial charge is 0.312 e. The van der Waals surface area contributed by atoms with Crippen molar-refractivity contribution in [1.82, 2.24) is 15.1 Å². The van der Waals surface area contributed by atoms with E-state index in [9.17, 15) is 0 Å². The number of likely N-dealkylation sites (N-methyl/N-ethyl adjacent to an activating group) is 1. The lowest BCUT2D eigenvalue weighted by Crippen LogP contribution is -2.48. The zero-order valence-corrected chi connectivity index (χ0v) is 11.7. The van der Waals surface area contributed by atoms with Gasteiger partial charge in [-0.05, 0) is 19.4 Å². The third-order valence-corrected chi connectivity index (χ3v) is 3.77. The van der Waals surface area contributed by atoms with Gasteiger partial charge in [0.25, 0.3) is 0 Å². The normalized spacial score (nSPS) is 22.3. The fraction of sp³-hybridized carbons (Fsp3) is 1.00. The van der Waals surface area contributed by atoms with Crippen LogP contribution in [0.25, 0.3) is 0 Å². The van der Waals surface area contributed by atoms with Crippen LogP contribution in [0.4, 0.5) is 0 Å². The third-order valence-electron chi connectivity index (χ3n) is 3.77. The van der Waals surface area contributed by atoms with E-state index in [4.69, 9.17) is 0 Å². The van der Waals surface area contributed by atoms with Crippen molar-refractivity contribution in [3.8, 4) is 0 Å². The van der Waals surface area contributed by atoms with Gasteiger partial charge in [-0.25, -0.2) is 0 Å². The van der Waals surface area contributed by atoms with Gasteiger partial charge < -0.3 is 10.2 Å². The van der Waals surface area contributed by atoms with E-state index < -0.39 is 0 Å². The van der Waals surface area contributed by atoms with Crippen molar-refractivity contribution in [3.63, 3.8) is 0 Å². The average Bonchev–Trinajstić information content (AvgIpc) is 2.19. The highest BCUT2D eigenvalue weighted by Gasteiger charge is 2.19. The van der Waals surface area contributed by atoms with E-state index in [0.29, 0.717) is 11.5 Å². The van der Waals surface area contributed by atoms with E-state index in [1.54, 1.807) is 0 Å². The predicted molar refractivity (Wildman–Crippen MR) is 70.9 cm³/mol. The smallest absolute Gasteiger partial charge is 0.0110 e. The number of nitrogens with one attached hydrogen (secondary N) is 1. The van der Waals surface area contributed by atoms with Crippen molar-refractivity contribution in [2.24, 2.45) is 5.41 Å². The van der Waals surface area contributed by atoms with Crippen molar-refractivity contribution in [2.45, 2.75) is 33.7 Å². The molecule has 0 aromatic carbocycles. The molecule has 0 spiro atoms. The zero-order valence-electron chi connectivity index (χ0n) is 11.7. The van der Waals surface area contributed by atoms with Crippen molar-refractivity contribution in [2.75, 3.05) is 46.3 Å². The Balaban J connectivity index is 2.11. The molecule has 1 saturated heterocycles. The fourth-order valence-corrected chi connectivity index (χ4v) is 1.82. The Labute approximate surface area is 101 Å². The summed E-state index contributed by atoms with van der Waals surface area (Å²) in [6.45, 7) is 16.3. The molecule has 1 aliphatic heterocycles. The van der Waals surface area contributed by atoms with Crippen LogP contribution in [0.2, 0.25) is 0 Å². The maximum Gasteiger partial charge on any atom is 0.0110 e. The summed E-state index contributed by atoms with van der Waals surface area (Å²) in [6, 6.07) is 0.583. The molecule has 3 nitrogen and oxygen atoms in total. The maximum atomic E-state index is 3.63. The summed E-state index contributed by atoms with van der Waals surface area (Å²) in [5, 5.41) is 3.63. The van der Waals surface area contributed by atoms with E-state index >= 15 is 0 Å². The van der Waals surface area contributed by atoms with Crippen molar-refractivity contribution in [3.05, 3.63) is 0 Å². The van der Waals surface area contributed by atoms with Gasteiger partial charge in [0.2, 0.25) is 0 Å². The topological polar surface area (TPSA) is 18.5 Å². The van der Waals surface area contributed by atoms with Crippen LogP contribution in [-0.4, -0.2) is 62.2 Å². The number of nitrogens with zero attached hydrogens (tertiary/aromatic N) is 2. The number of piperazine rings is 1. The molecule has 1 aliphatic rings. The Morgan fingerprint density at radius 1 is 1.12 bits per heavy atom. The van der Waals surface area contributed by atoms with E-state index in [1.807, 2.05) is 0 Å². The highest BCUT2D eigenvalue weighted by atomic mass is 15.2. The Morgan fingerprint density at radius 3 is 2.19 bits per heavy atom. The zero-order chi connectivity index (χ0) is 12.2. The van der Waals surface area contributed by atoms with Gasteiger partial charge in [0.1, 0.15) is 0 Å². The standard InChI is InChI=1S/C13H29N3/c1-12(13(2,3)4)14-6-7-16-10-8-15(5)9-11-16/h12,14H,6-11H2,1-5H3. The lowest BCUT2D eigenvalue weighted by atomic mass is 9.88. The second-order valence-corrected chi connectivity index (χ2v) is 6.19. The highest BCUT2D eigenvalue weighted by molar-refractivity contribution is 4.77. The molecule has 96 valence electrons. The van der Waals surface area contributed by atoms with Crippen LogP contribution in [0.3, 0.4) is 0 Å². The summed E-state index contributed by atoms with van der Waals surface area (Å²) in [5.74, 6) is 0. The third kappa shape index (κ3) is 4.81. The molecule has 0 bridgehead atoms. The molecule has 0 aromatic rings. The molecule has 0 amide bonds. The molecule has 3 heteroatoms. The van der Waals surface area contributed by atoms with Gasteiger partial charge >= 0.3 is 0 Å². The van der Waals surface area contributed by atoms with E-state index in [0.717, 1.165) is 6.54 Å². The quantitative estimate of drug-likeness (QED) is 0.780. The Kier molecular flexibility index (Phi) is 5.22. The van der Waals surface area contributed by atoms with Gasteiger partial charge in [-0.3, -0.25) is 4.90 Å². The lowest BCUT2D eigenvalue weighted by molar-refractivity contribution is 0.151. The molecule has 1 fully saturated rings. The molecule has 0 aromatic heterocycles. The van der Waals surface area contributed by atoms with Crippen LogP contribution in [-0.2, 0) is 0 Å². The Bertz CT molecular complexity index is 190. The summed E-state index contributed by atoms with van der Waals surface area (Å²) < 4.78 is 0. The summed E-state index contributed by atoms with van der Waals surface area (Å²) in [7, 11) is 2.21. The number of hydrogen-bond acceptors (Lipinski definition) is 3. The number of rotatable bonds is 4. The molecule has 1 heterocycles. The minimum Gasteiger partial charge on any atom is -0.312 e. The van der Waals surface area contributed by atoms with Crippen molar-refractivity contribution in [1.29, 1.82) is 0 Å². The van der Waals surface area contributed by atoms with Gasteiger partial charge in [-0.1, -0.05) is 20.8 Å². The van der Waals surface area contributed by atoms with Crippen LogP contribution in [0.15, 0.2) is 0 Å². The van der Waals surface area contributed by atoms with Crippen LogP contribution in [0, 0.1) is 5.41 Å². The molecule has 16 heavy (non-hydrogen) atoms. The first kappa shape index (κ1) is 13.9. The number of hydrogen-bond donors (Lipinski definition) is 1. The first-order chi connectivity index (χ1) is 7.39. The minimum absolute atomic E-state index is 0.363. The first-order valence-corrected chi connectivity index (χ1v) is 6.54. The minimum atomic E-state index is 0.363. The Morgan fingerprint density at radius 2 is 1.69 bits per heavy atom. The van der Waals surface area contributed by atoms with Gasteiger partial charge in [0.15, 0.2) is 0 Å². The SMILES string of the molecule is CC(NCCN1CCN(C)CC1)C(C)(C)C. The van der Waals surface area contributed by atoms with Crippen LogP contribution < -0.4 is 5.32 Å². The molecule has 0 aliphatic carbocycles. The van der Waals surface area contributed by atoms with Gasteiger partial charge in [0, 0.05) is 45.3 Å². The van der Waals surface area contributed by atoms with Gasteiger partial charge in [-0.2, -0.15) is 0 Å². The molecule has 0 radical (unpaired) electrons. The summed E-state index contributed by atoms with van der Waals surface area (Å²) in [4.78, 5) is 4.96. The van der Waals surface area contributed by atoms with E-state index in [1.165, 1.54) is 32.7 Å². The molecule has 0 saturated carbocycles. The highest BCUT2D eigenvalue weighted by Crippen LogP contribution is 2.18. The summed E-state index contributed by atoms with van der Waals surface area (Å²) in [6.07, 6.45) is 0. The average molecular weight is 227 g/mol. The molecular weight excluding hydrogens is 198 g/mol. The van der Waals surface area contributed by atoms with Gasteiger partial charge in [0.05, 0.1) is 0 Å². The van der Waals surface area contributed by atoms with Crippen LogP contribution in [0.1, 0.15) is 27.7 Å². The fourth-order valence-electron chi connectivity index (χ4n) is 1.82. The molecule has 1 atom stereocenters. The second kappa shape index (κ2) is 5.99. The molecule has 1 rings (SSSR count). The predicted octanol–water partition coefficient (Wildman–Crippen LogP) is 1.26. The van der Waals surface area contributed by atoms with E-state index in [-0.39, 0.29) is 0 Å². The van der Waals surface area contributed by atoms with Gasteiger partial charge in [-0.15, -0.1) is 0 Å². The Hall–Kier alpha value is -0.120.